The number of aryl methyl sites for hydroxylation is 1. The fraction of sp³-hybridized carbons (Fsp3) is 0.294. The van der Waals surface area contributed by atoms with Gasteiger partial charge >= 0.3 is 0 Å². The lowest BCUT2D eigenvalue weighted by Crippen LogP contribution is -2.35. The van der Waals surface area contributed by atoms with Gasteiger partial charge in [-0.3, -0.25) is 0 Å². The molecule has 3 aromatic rings. The van der Waals surface area contributed by atoms with E-state index in [0.29, 0.717) is 5.02 Å². The minimum Gasteiger partial charge on any atom is -0.394 e. The number of aromatic nitrogens is 2. The Hall–Kier alpha value is -1.69. The first-order valence-corrected chi connectivity index (χ1v) is 8.50. The summed E-state index contributed by atoms with van der Waals surface area (Å²) < 4.78 is 0. The van der Waals surface area contributed by atoms with Crippen LogP contribution in [0, 0.1) is 6.92 Å². The van der Waals surface area contributed by atoms with Crippen molar-refractivity contribution in [3.63, 3.8) is 0 Å². The second kappa shape index (κ2) is 6.07. The van der Waals surface area contributed by atoms with Crippen LogP contribution in [-0.4, -0.2) is 27.2 Å². The Morgan fingerprint density at radius 2 is 1.91 bits per heavy atom. The first-order valence-electron chi connectivity index (χ1n) is 7.30. The number of fused-ring (bicyclic) bond motifs is 1. The smallest absolute Gasteiger partial charge is 0.139 e. The van der Waals surface area contributed by atoms with Gasteiger partial charge in [0.1, 0.15) is 17.0 Å². The number of nitrogens with one attached hydrogen (secondary N) is 1. The predicted molar refractivity (Wildman–Crippen MR) is 97.4 cm³/mol. The highest BCUT2D eigenvalue weighted by molar-refractivity contribution is 7.19. The lowest BCUT2D eigenvalue weighted by Gasteiger charge is -2.24. The summed E-state index contributed by atoms with van der Waals surface area (Å²) in [4.78, 5) is 10.9. The summed E-state index contributed by atoms with van der Waals surface area (Å²) in [5.41, 5.74) is 1.73. The largest absolute Gasteiger partial charge is 0.394 e. The molecule has 6 heteroatoms. The number of nitrogens with zero attached hydrogens (tertiary/aromatic N) is 2. The predicted octanol–water partition coefficient (Wildman–Crippen LogP) is 4.50. The van der Waals surface area contributed by atoms with Crippen LogP contribution < -0.4 is 5.32 Å². The van der Waals surface area contributed by atoms with Gasteiger partial charge in [0.25, 0.3) is 0 Å². The molecule has 2 N–H and O–H groups in total. The third kappa shape index (κ3) is 3.17. The van der Waals surface area contributed by atoms with Gasteiger partial charge in [0.05, 0.1) is 17.5 Å². The average molecular weight is 348 g/mol. The maximum absolute atomic E-state index is 9.53. The molecule has 120 valence electrons. The molecule has 0 spiro atoms. The van der Waals surface area contributed by atoms with Crippen LogP contribution in [0.1, 0.15) is 18.7 Å². The summed E-state index contributed by atoms with van der Waals surface area (Å²) in [6.07, 6.45) is 1.56. The van der Waals surface area contributed by atoms with E-state index in [1.165, 1.54) is 4.88 Å². The molecule has 0 unspecified atom stereocenters. The van der Waals surface area contributed by atoms with Crippen molar-refractivity contribution in [3.05, 3.63) is 40.5 Å². The third-order valence-corrected chi connectivity index (χ3v) is 4.91. The van der Waals surface area contributed by atoms with Crippen molar-refractivity contribution in [2.24, 2.45) is 0 Å². The zero-order valence-corrected chi connectivity index (χ0v) is 14.8. The molecule has 0 aliphatic carbocycles. The van der Waals surface area contributed by atoms with Crippen LogP contribution in [0.3, 0.4) is 0 Å². The van der Waals surface area contributed by atoms with E-state index in [0.717, 1.165) is 27.2 Å². The van der Waals surface area contributed by atoms with Crippen LogP contribution in [0.4, 0.5) is 5.82 Å². The van der Waals surface area contributed by atoms with Crippen molar-refractivity contribution in [1.29, 1.82) is 0 Å². The summed E-state index contributed by atoms with van der Waals surface area (Å²) in [5, 5.41) is 14.6. The van der Waals surface area contributed by atoms with E-state index in [9.17, 15) is 5.11 Å². The van der Waals surface area contributed by atoms with Crippen molar-refractivity contribution in [2.45, 2.75) is 26.3 Å². The molecule has 2 aromatic heterocycles. The van der Waals surface area contributed by atoms with Gasteiger partial charge in [-0.25, -0.2) is 9.97 Å². The molecule has 0 fully saturated rings. The van der Waals surface area contributed by atoms with Gasteiger partial charge in [-0.2, -0.15) is 0 Å². The van der Waals surface area contributed by atoms with Crippen LogP contribution in [0.25, 0.3) is 21.3 Å². The van der Waals surface area contributed by atoms with Crippen molar-refractivity contribution >= 4 is 39.0 Å². The SMILES string of the molecule is Cc1sc2ncnc(NC(C)(C)CO)c2c1-c1ccc(Cl)cc1. The third-order valence-electron chi connectivity index (χ3n) is 3.65. The summed E-state index contributed by atoms with van der Waals surface area (Å²) in [6.45, 7) is 5.96. The summed E-state index contributed by atoms with van der Waals surface area (Å²) in [6, 6.07) is 7.78. The molecular formula is C17H18ClN3OS. The molecule has 0 aliphatic rings. The number of benzene rings is 1. The Morgan fingerprint density at radius 1 is 1.22 bits per heavy atom. The Bertz CT molecular complexity index is 843. The zero-order chi connectivity index (χ0) is 16.6. The maximum atomic E-state index is 9.53. The molecule has 4 nitrogen and oxygen atoms in total. The zero-order valence-electron chi connectivity index (χ0n) is 13.2. The van der Waals surface area contributed by atoms with E-state index in [-0.39, 0.29) is 6.61 Å². The van der Waals surface area contributed by atoms with Gasteiger partial charge in [0, 0.05) is 15.5 Å². The molecular weight excluding hydrogens is 330 g/mol. The highest BCUT2D eigenvalue weighted by Gasteiger charge is 2.22. The number of hydrogen-bond donors (Lipinski definition) is 2. The monoisotopic (exact) mass is 347 g/mol. The Morgan fingerprint density at radius 3 is 2.57 bits per heavy atom. The fourth-order valence-electron chi connectivity index (χ4n) is 2.46. The Balaban J connectivity index is 2.21. The van der Waals surface area contributed by atoms with Crippen molar-refractivity contribution in [1.82, 2.24) is 9.97 Å². The van der Waals surface area contributed by atoms with E-state index in [2.05, 4.69) is 22.2 Å². The molecule has 0 radical (unpaired) electrons. The topological polar surface area (TPSA) is 58.0 Å². The van der Waals surface area contributed by atoms with Gasteiger partial charge in [-0.15, -0.1) is 11.3 Å². The molecule has 2 heterocycles. The molecule has 23 heavy (non-hydrogen) atoms. The molecule has 3 rings (SSSR count). The van der Waals surface area contributed by atoms with E-state index < -0.39 is 5.54 Å². The molecule has 1 aromatic carbocycles. The van der Waals surface area contributed by atoms with Crippen molar-refractivity contribution in [2.75, 3.05) is 11.9 Å². The Labute approximate surface area is 144 Å². The molecule has 0 amide bonds. The van der Waals surface area contributed by atoms with Crippen molar-refractivity contribution < 1.29 is 5.11 Å². The van der Waals surface area contributed by atoms with Crippen LogP contribution in [0.2, 0.25) is 5.02 Å². The fourth-order valence-corrected chi connectivity index (χ4v) is 3.60. The molecule has 0 saturated carbocycles. The highest BCUT2D eigenvalue weighted by Crippen LogP contribution is 2.41. The minimum atomic E-state index is -0.464. The molecule has 0 aliphatic heterocycles. The highest BCUT2D eigenvalue weighted by atomic mass is 35.5. The number of rotatable bonds is 4. The standard InChI is InChI=1S/C17H18ClN3OS/c1-10-13(11-4-6-12(18)7-5-11)14-15(21-17(2,3)8-22)19-9-20-16(14)23-10/h4-7,9,22H,8H2,1-3H3,(H,19,20,21). The second-order valence-electron chi connectivity index (χ2n) is 6.11. The number of hydrogen-bond acceptors (Lipinski definition) is 5. The van der Waals surface area contributed by atoms with Gasteiger partial charge in [-0.1, -0.05) is 23.7 Å². The van der Waals surface area contributed by atoms with Gasteiger partial charge < -0.3 is 10.4 Å². The summed E-state index contributed by atoms with van der Waals surface area (Å²) >= 11 is 7.65. The lowest BCUT2D eigenvalue weighted by atomic mass is 10.0. The van der Waals surface area contributed by atoms with E-state index in [1.54, 1.807) is 17.7 Å². The Kier molecular flexibility index (Phi) is 4.27. The number of aliphatic hydroxyl groups is 1. The van der Waals surface area contributed by atoms with Crippen LogP contribution in [0.15, 0.2) is 30.6 Å². The number of anilines is 1. The second-order valence-corrected chi connectivity index (χ2v) is 7.75. The molecule has 0 bridgehead atoms. The lowest BCUT2D eigenvalue weighted by molar-refractivity contribution is 0.234. The minimum absolute atomic E-state index is 0.0118. The van der Waals surface area contributed by atoms with Crippen LogP contribution in [-0.2, 0) is 0 Å². The normalized spacial score (nSPS) is 11.9. The molecule has 0 saturated heterocycles. The number of halogens is 1. The van der Waals surface area contributed by atoms with Gasteiger partial charge in [0.15, 0.2) is 0 Å². The van der Waals surface area contributed by atoms with Gasteiger partial charge in [-0.05, 0) is 38.5 Å². The van der Waals surface area contributed by atoms with E-state index in [1.807, 2.05) is 38.1 Å². The first-order chi connectivity index (χ1) is 10.9. The van der Waals surface area contributed by atoms with Crippen LogP contribution >= 0.6 is 22.9 Å². The average Bonchev–Trinajstić information content (AvgIpc) is 2.85. The number of aliphatic hydroxyl groups excluding tert-OH is 1. The van der Waals surface area contributed by atoms with Gasteiger partial charge in [0.2, 0.25) is 0 Å². The quantitative estimate of drug-likeness (QED) is 0.729. The molecule has 0 atom stereocenters. The summed E-state index contributed by atoms with van der Waals surface area (Å²) in [5.74, 6) is 0.739. The summed E-state index contributed by atoms with van der Waals surface area (Å²) in [7, 11) is 0. The maximum Gasteiger partial charge on any atom is 0.139 e. The van der Waals surface area contributed by atoms with E-state index in [4.69, 9.17) is 11.6 Å². The van der Waals surface area contributed by atoms with Crippen LogP contribution in [0.5, 0.6) is 0 Å². The number of thiophene rings is 1. The van der Waals surface area contributed by atoms with E-state index >= 15 is 0 Å². The van der Waals surface area contributed by atoms with Crippen molar-refractivity contribution in [3.8, 4) is 11.1 Å². The first kappa shape index (κ1) is 16.2.